The zero-order valence-corrected chi connectivity index (χ0v) is 15.1. The number of nitrogens with one attached hydrogen (secondary N) is 1. The van der Waals surface area contributed by atoms with Crippen LogP contribution in [0.5, 0.6) is 0 Å². The van der Waals surface area contributed by atoms with Crippen LogP contribution in [0.1, 0.15) is 12.5 Å². The second-order valence-electron chi connectivity index (χ2n) is 5.14. The fraction of sp³-hybridized carbons (Fsp3) is 0.176. The van der Waals surface area contributed by atoms with Crippen molar-refractivity contribution >= 4 is 52.3 Å². The molecule has 0 spiro atoms. The van der Waals surface area contributed by atoms with E-state index in [1.54, 1.807) is 30.3 Å². The average Bonchev–Trinajstić information content (AvgIpc) is 2.50. The summed E-state index contributed by atoms with van der Waals surface area (Å²) in [6.07, 6.45) is 0. The predicted octanol–water partition coefficient (Wildman–Crippen LogP) is 4.32. The molecule has 0 fully saturated rings. The van der Waals surface area contributed by atoms with E-state index in [2.05, 4.69) is 5.32 Å². The maximum absolute atomic E-state index is 12.1. The molecule has 24 heavy (non-hydrogen) atoms. The lowest BCUT2D eigenvalue weighted by molar-refractivity contribution is -0.123. The number of hydrogen-bond acceptors (Lipinski definition) is 2. The Morgan fingerprint density at radius 1 is 0.958 bits per heavy atom. The third kappa shape index (κ3) is 5.41. The Hall–Kier alpha value is -1.75. The molecule has 2 aromatic rings. The van der Waals surface area contributed by atoms with Crippen LogP contribution in [0.2, 0.25) is 15.1 Å². The number of anilines is 1. The number of hydrogen-bond donors (Lipinski definition) is 1. The van der Waals surface area contributed by atoms with Crippen LogP contribution in [0.3, 0.4) is 0 Å². The van der Waals surface area contributed by atoms with E-state index in [1.165, 1.54) is 11.8 Å². The third-order valence-electron chi connectivity index (χ3n) is 3.24. The van der Waals surface area contributed by atoms with Gasteiger partial charge in [0.1, 0.15) is 6.54 Å². The van der Waals surface area contributed by atoms with Crippen LogP contribution in [-0.4, -0.2) is 18.4 Å². The highest BCUT2D eigenvalue weighted by Gasteiger charge is 2.16. The molecule has 1 N–H and O–H groups in total. The largest absolute Gasteiger partial charge is 0.350 e. The minimum Gasteiger partial charge on any atom is -0.350 e. The summed E-state index contributed by atoms with van der Waals surface area (Å²) in [6, 6.07) is 11.9. The van der Waals surface area contributed by atoms with Gasteiger partial charge in [-0.05, 0) is 35.9 Å². The Bertz CT molecular complexity index is 728. The minimum absolute atomic E-state index is 0.125. The number of amides is 2. The summed E-state index contributed by atoms with van der Waals surface area (Å²) in [7, 11) is 0. The minimum atomic E-state index is -0.295. The highest BCUT2D eigenvalue weighted by Crippen LogP contribution is 2.25. The van der Waals surface area contributed by atoms with Gasteiger partial charge in [0.05, 0.1) is 0 Å². The molecule has 0 bridgehead atoms. The van der Waals surface area contributed by atoms with E-state index in [9.17, 15) is 9.59 Å². The first-order valence-corrected chi connectivity index (χ1v) is 8.24. The Labute approximate surface area is 155 Å². The van der Waals surface area contributed by atoms with Crippen molar-refractivity contribution in [3.8, 4) is 0 Å². The van der Waals surface area contributed by atoms with Gasteiger partial charge in [-0.2, -0.15) is 0 Å². The van der Waals surface area contributed by atoms with E-state index in [-0.39, 0.29) is 18.4 Å². The SMILES string of the molecule is CC(=O)N(CC(=O)NCc1ccc(Cl)cc1)c1cc(Cl)cc(Cl)c1. The number of benzene rings is 2. The summed E-state index contributed by atoms with van der Waals surface area (Å²) in [5, 5.41) is 4.18. The van der Waals surface area contributed by atoms with E-state index in [4.69, 9.17) is 34.8 Å². The number of rotatable bonds is 5. The number of carbonyl (C=O) groups is 2. The van der Waals surface area contributed by atoms with E-state index in [0.717, 1.165) is 5.56 Å². The molecule has 0 aliphatic heterocycles. The lowest BCUT2D eigenvalue weighted by Gasteiger charge is -2.21. The smallest absolute Gasteiger partial charge is 0.240 e. The van der Waals surface area contributed by atoms with Crippen molar-refractivity contribution in [2.24, 2.45) is 0 Å². The van der Waals surface area contributed by atoms with Crippen molar-refractivity contribution in [2.45, 2.75) is 13.5 Å². The van der Waals surface area contributed by atoms with E-state index in [1.807, 2.05) is 12.1 Å². The van der Waals surface area contributed by atoms with Crippen LogP contribution in [-0.2, 0) is 16.1 Å². The molecule has 0 aliphatic carbocycles. The monoisotopic (exact) mass is 384 g/mol. The van der Waals surface area contributed by atoms with Gasteiger partial charge in [0.2, 0.25) is 11.8 Å². The zero-order valence-electron chi connectivity index (χ0n) is 12.9. The normalized spacial score (nSPS) is 10.3. The summed E-state index contributed by atoms with van der Waals surface area (Å²) in [4.78, 5) is 25.3. The van der Waals surface area contributed by atoms with Crippen LogP contribution in [0.15, 0.2) is 42.5 Å². The fourth-order valence-corrected chi connectivity index (χ4v) is 2.72. The van der Waals surface area contributed by atoms with Gasteiger partial charge in [-0.3, -0.25) is 9.59 Å². The molecule has 4 nitrogen and oxygen atoms in total. The zero-order chi connectivity index (χ0) is 17.7. The molecule has 2 rings (SSSR count). The molecule has 0 atom stereocenters. The first kappa shape index (κ1) is 18.6. The van der Waals surface area contributed by atoms with Gasteiger partial charge in [-0.15, -0.1) is 0 Å². The first-order valence-electron chi connectivity index (χ1n) is 7.10. The number of nitrogens with zero attached hydrogens (tertiary/aromatic N) is 1. The molecule has 2 amide bonds. The Kier molecular flexibility index (Phi) is 6.49. The maximum Gasteiger partial charge on any atom is 0.240 e. The van der Waals surface area contributed by atoms with Crippen molar-refractivity contribution in [3.63, 3.8) is 0 Å². The van der Waals surface area contributed by atoms with Crippen molar-refractivity contribution in [2.75, 3.05) is 11.4 Å². The standard InChI is InChI=1S/C17H15Cl3N2O2/c1-11(23)22(16-7-14(19)6-15(20)8-16)10-17(24)21-9-12-2-4-13(18)5-3-12/h2-8H,9-10H2,1H3,(H,21,24). The maximum atomic E-state index is 12.1. The van der Waals surface area contributed by atoms with Crippen LogP contribution >= 0.6 is 34.8 Å². The van der Waals surface area contributed by atoms with Gasteiger partial charge < -0.3 is 10.2 Å². The number of carbonyl (C=O) groups excluding carboxylic acids is 2. The quantitative estimate of drug-likeness (QED) is 0.833. The fourth-order valence-electron chi connectivity index (χ4n) is 2.08. The van der Waals surface area contributed by atoms with E-state index >= 15 is 0 Å². The summed E-state index contributed by atoms with van der Waals surface area (Å²) in [5.41, 5.74) is 1.38. The van der Waals surface area contributed by atoms with Crippen LogP contribution in [0, 0.1) is 0 Å². The van der Waals surface area contributed by atoms with Crippen LogP contribution in [0.4, 0.5) is 5.69 Å². The van der Waals surface area contributed by atoms with Crippen molar-refractivity contribution < 1.29 is 9.59 Å². The van der Waals surface area contributed by atoms with Gasteiger partial charge in [0, 0.05) is 34.2 Å². The van der Waals surface area contributed by atoms with Gasteiger partial charge >= 0.3 is 0 Å². The lowest BCUT2D eigenvalue weighted by Crippen LogP contribution is -2.39. The second-order valence-corrected chi connectivity index (χ2v) is 6.45. The highest BCUT2D eigenvalue weighted by molar-refractivity contribution is 6.35. The molecule has 126 valence electrons. The Balaban J connectivity index is 2.03. The van der Waals surface area contributed by atoms with Gasteiger partial charge in [0.15, 0.2) is 0 Å². The van der Waals surface area contributed by atoms with Crippen molar-refractivity contribution in [3.05, 3.63) is 63.1 Å². The number of halogens is 3. The second kappa shape index (κ2) is 8.38. The highest BCUT2D eigenvalue weighted by atomic mass is 35.5. The molecule has 0 aliphatic rings. The molecule has 0 radical (unpaired) electrons. The first-order chi connectivity index (χ1) is 11.3. The Morgan fingerprint density at radius 3 is 2.08 bits per heavy atom. The average molecular weight is 386 g/mol. The molecule has 0 aromatic heterocycles. The molecule has 0 heterocycles. The summed E-state index contributed by atoms with van der Waals surface area (Å²) in [5.74, 6) is -0.578. The topological polar surface area (TPSA) is 49.4 Å². The van der Waals surface area contributed by atoms with Crippen LogP contribution in [0.25, 0.3) is 0 Å². The third-order valence-corrected chi connectivity index (χ3v) is 3.93. The summed E-state index contributed by atoms with van der Waals surface area (Å²) < 4.78 is 0. The molecule has 7 heteroatoms. The molecular formula is C17H15Cl3N2O2. The molecule has 0 unspecified atom stereocenters. The molecule has 0 saturated heterocycles. The summed E-state index contributed by atoms with van der Waals surface area (Å²) in [6.45, 7) is 1.60. The molecule has 2 aromatic carbocycles. The van der Waals surface area contributed by atoms with Crippen molar-refractivity contribution in [1.29, 1.82) is 0 Å². The van der Waals surface area contributed by atoms with Gasteiger partial charge in [-0.25, -0.2) is 0 Å². The lowest BCUT2D eigenvalue weighted by atomic mass is 10.2. The van der Waals surface area contributed by atoms with Crippen molar-refractivity contribution in [1.82, 2.24) is 5.32 Å². The Morgan fingerprint density at radius 2 is 1.54 bits per heavy atom. The van der Waals surface area contributed by atoms with Crippen LogP contribution < -0.4 is 10.2 Å². The molecule has 0 saturated carbocycles. The summed E-state index contributed by atoms with van der Waals surface area (Å²) >= 11 is 17.7. The predicted molar refractivity (Wildman–Crippen MR) is 97.8 cm³/mol. The van der Waals surface area contributed by atoms with Gasteiger partial charge in [-0.1, -0.05) is 46.9 Å². The van der Waals surface area contributed by atoms with Gasteiger partial charge in [0.25, 0.3) is 0 Å². The molecular weight excluding hydrogens is 371 g/mol. The van der Waals surface area contributed by atoms with E-state index in [0.29, 0.717) is 27.3 Å². The van der Waals surface area contributed by atoms with E-state index < -0.39 is 0 Å².